The Morgan fingerprint density at radius 2 is 1.93 bits per heavy atom. The first-order chi connectivity index (χ1) is 13.1. The molecule has 4 fully saturated rings. The van der Waals surface area contributed by atoms with Gasteiger partial charge >= 0.3 is 0 Å². The highest BCUT2D eigenvalue weighted by Gasteiger charge is 2.62. The third-order valence-electron chi connectivity index (χ3n) is 7.22. The highest BCUT2D eigenvalue weighted by atomic mass is 16.5. The Kier molecular flexibility index (Phi) is 6.08. The Bertz CT molecular complexity index is 577. The standard InChI is InChI=1S/C23H38N2O2/c1-18(2)5-4-6-19(3)8-10-25-16-21-20(15-24-11-13-26-14-12-24)22-7-9-23(21,17-25)27-22/h5,8,20-22H,4,6-7,9-17H2,1-3H3/b19-8+/t20-,21+,22+,23+/m0/s1. The predicted molar refractivity (Wildman–Crippen MR) is 110 cm³/mol. The van der Waals surface area contributed by atoms with Crippen LogP contribution in [0.4, 0.5) is 0 Å². The van der Waals surface area contributed by atoms with Crippen molar-refractivity contribution in [3.63, 3.8) is 0 Å². The van der Waals surface area contributed by atoms with Crippen LogP contribution in [0, 0.1) is 11.8 Å². The van der Waals surface area contributed by atoms with Gasteiger partial charge in [-0.2, -0.15) is 0 Å². The molecule has 27 heavy (non-hydrogen) atoms. The summed E-state index contributed by atoms with van der Waals surface area (Å²) in [7, 11) is 0. The van der Waals surface area contributed by atoms with E-state index in [0.717, 1.165) is 51.2 Å². The summed E-state index contributed by atoms with van der Waals surface area (Å²) in [6.07, 6.45) is 10.2. The Hall–Kier alpha value is -0.680. The molecule has 4 aliphatic heterocycles. The summed E-state index contributed by atoms with van der Waals surface area (Å²) < 4.78 is 12.2. The molecule has 152 valence electrons. The van der Waals surface area contributed by atoms with Gasteiger partial charge in [0, 0.05) is 51.1 Å². The molecule has 0 aromatic carbocycles. The van der Waals surface area contributed by atoms with Crippen molar-refractivity contribution < 1.29 is 9.47 Å². The maximum absolute atomic E-state index is 6.64. The van der Waals surface area contributed by atoms with Crippen molar-refractivity contribution in [3.05, 3.63) is 23.3 Å². The molecule has 4 atom stereocenters. The van der Waals surface area contributed by atoms with Crippen molar-refractivity contribution in [1.29, 1.82) is 0 Å². The van der Waals surface area contributed by atoms with Gasteiger partial charge in [0.2, 0.25) is 0 Å². The van der Waals surface area contributed by atoms with E-state index in [1.807, 2.05) is 0 Å². The van der Waals surface area contributed by atoms with Crippen LogP contribution >= 0.6 is 0 Å². The zero-order valence-electron chi connectivity index (χ0n) is 17.6. The number of rotatable bonds is 7. The van der Waals surface area contributed by atoms with E-state index >= 15 is 0 Å². The van der Waals surface area contributed by atoms with Crippen LogP contribution < -0.4 is 0 Å². The molecular weight excluding hydrogens is 336 g/mol. The van der Waals surface area contributed by atoms with Crippen molar-refractivity contribution in [2.75, 3.05) is 52.5 Å². The van der Waals surface area contributed by atoms with Gasteiger partial charge in [0.05, 0.1) is 24.9 Å². The second-order valence-corrected chi connectivity index (χ2v) is 9.51. The quantitative estimate of drug-likeness (QED) is 0.637. The van der Waals surface area contributed by atoms with Crippen molar-refractivity contribution >= 4 is 0 Å². The lowest BCUT2D eigenvalue weighted by molar-refractivity contribution is -0.00140. The highest BCUT2D eigenvalue weighted by molar-refractivity contribution is 5.14. The summed E-state index contributed by atoms with van der Waals surface area (Å²) in [6, 6.07) is 0. The van der Waals surface area contributed by atoms with Gasteiger partial charge in [-0.15, -0.1) is 0 Å². The number of fused-ring (bicyclic) bond motifs is 1. The van der Waals surface area contributed by atoms with Gasteiger partial charge in [-0.25, -0.2) is 0 Å². The summed E-state index contributed by atoms with van der Waals surface area (Å²) >= 11 is 0. The van der Waals surface area contributed by atoms with Gasteiger partial charge in [-0.1, -0.05) is 23.3 Å². The van der Waals surface area contributed by atoms with Crippen LogP contribution in [0.3, 0.4) is 0 Å². The monoisotopic (exact) mass is 374 g/mol. The van der Waals surface area contributed by atoms with Crippen molar-refractivity contribution in [1.82, 2.24) is 9.80 Å². The third kappa shape index (κ3) is 4.34. The van der Waals surface area contributed by atoms with Gasteiger partial charge in [0.25, 0.3) is 0 Å². The second-order valence-electron chi connectivity index (χ2n) is 9.51. The molecule has 0 unspecified atom stereocenters. The van der Waals surface area contributed by atoms with Gasteiger partial charge in [-0.05, 0) is 46.5 Å². The van der Waals surface area contributed by atoms with Crippen LogP contribution in [0.1, 0.15) is 46.5 Å². The van der Waals surface area contributed by atoms with E-state index in [-0.39, 0.29) is 5.60 Å². The number of nitrogens with zero attached hydrogens (tertiary/aromatic N) is 2. The maximum Gasteiger partial charge on any atom is 0.0858 e. The Balaban J connectivity index is 1.32. The lowest BCUT2D eigenvalue weighted by Gasteiger charge is -2.35. The van der Waals surface area contributed by atoms with Gasteiger partial charge in [-0.3, -0.25) is 9.80 Å². The molecule has 4 saturated heterocycles. The van der Waals surface area contributed by atoms with E-state index in [2.05, 4.69) is 42.7 Å². The molecule has 4 rings (SSSR count). The van der Waals surface area contributed by atoms with Crippen LogP contribution in [0.2, 0.25) is 0 Å². The van der Waals surface area contributed by atoms with Crippen LogP contribution in [-0.2, 0) is 9.47 Å². The number of morpholine rings is 1. The fourth-order valence-corrected chi connectivity index (χ4v) is 5.73. The molecule has 4 nitrogen and oxygen atoms in total. The summed E-state index contributed by atoms with van der Waals surface area (Å²) in [5.41, 5.74) is 3.12. The minimum absolute atomic E-state index is 0.172. The molecule has 0 N–H and O–H groups in total. The van der Waals surface area contributed by atoms with E-state index in [9.17, 15) is 0 Å². The van der Waals surface area contributed by atoms with Gasteiger partial charge in [0.1, 0.15) is 0 Å². The average molecular weight is 375 g/mol. The molecule has 4 heterocycles. The van der Waals surface area contributed by atoms with Crippen LogP contribution in [0.5, 0.6) is 0 Å². The van der Waals surface area contributed by atoms with Crippen molar-refractivity contribution in [3.8, 4) is 0 Å². The number of hydrogen-bond donors (Lipinski definition) is 0. The first kappa shape index (κ1) is 19.6. The van der Waals surface area contributed by atoms with Gasteiger partial charge in [0.15, 0.2) is 0 Å². The lowest BCUT2D eigenvalue weighted by Crippen LogP contribution is -2.45. The molecule has 0 radical (unpaired) electrons. The zero-order valence-corrected chi connectivity index (χ0v) is 17.6. The Morgan fingerprint density at radius 3 is 2.70 bits per heavy atom. The fourth-order valence-electron chi connectivity index (χ4n) is 5.73. The Morgan fingerprint density at radius 1 is 1.11 bits per heavy atom. The van der Waals surface area contributed by atoms with E-state index in [4.69, 9.17) is 9.47 Å². The van der Waals surface area contributed by atoms with E-state index in [1.165, 1.54) is 49.9 Å². The number of ether oxygens (including phenoxy) is 2. The lowest BCUT2D eigenvalue weighted by atomic mass is 9.73. The van der Waals surface area contributed by atoms with E-state index < -0.39 is 0 Å². The largest absolute Gasteiger partial charge is 0.379 e. The molecular formula is C23H38N2O2. The van der Waals surface area contributed by atoms with Gasteiger partial charge < -0.3 is 9.47 Å². The van der Waals surface area contributed by atoms with Crippen LogP contribution in [-0.4, -0.2) is 74.0 Å². The van der Waals surface area contributed by atoms with Crippen molar-refractivity contribution in [2.45, 2.75) is 58.2 Å². The molecule has 0 aliphatic carbocycles. The predicted octanol–water partition coefficient (Wildman–Crippen LogP) is 3.49. The first-order valence-corrected chi connectivity index (χ1v) is 11.0. The van der Waals surface area contributed by atoms with E-state index in [1.54, 1.807) is 0 Å². The second kappa shape index (κ2) is 8.36. The number of hydrogen-bond acceptors (Lipinski definition) is 4. The minimum atomic E-state index is 0.172. The number of allylic oxidation sites excluding steroid dienone is 3. The normalized spacial score (nSPS) is 37.0. The molecule has 1 spiro atoms. The SMILES string of the molecule is CC(C)=CCC/C(C)=C/CN1C[C@@H]2[C@H](CN3CCOCC3)[C@H]3CC[C@]2(C1)O3. The van der Waals surface area contributed by atoms with E-state index in [0.29, 0.717) is 6.10 Å². The van der Waals surface area contributed by atoms with Crippen LogP contribution in [0.25, 0.3) is 0 Å². The molecule has 0 aromatic rings. The van der Waals surface area contributed by atoms with Crippen molar-refractivity contribution in [2.24, 2.45) is 11.8 Å². The molecule has 0 saturated carbocycles. The molecule has 0 aromatic heterocycles. The fraction of sp³-hybridized carbons (Fsp3) is 0.826. The summed E-state index contributed by atoms with van der Waals surface area (Å²) in [5, 5.41) is 0. The van der Waals surface area contributed by atoms with Crippen LogP contribution in [0.15, 0.2) is 23.3 Å². The minimum Gasteiger partial charge on any atom is -0.379 e. The smallest absolute Gasteiger partial charge is 0.0858 e. The maximum atomic E-state index is 6.64. The average Bonchev–Trinajstić information content (AvgIpc) is 3.30. The summed E-state index contributed by atoms with van der Waals surface area (Å²) in [6.45, 7) is 15.3. The molecule has 2 bridgehead atoms. The summed E-state index contributed by atoms with van der Waals surface area (Å²) in [4.78, 5) is 5.27. The first-order valence-electron chi connectivity index (χ1n) is 11.0. The highest BCUT2D eigenvalue weighted by Crippen LogP contribution is 2.54. The number of likely N-dealkylation sites (tertiary alicyclic amines) is 1. The molecule has 4 aliphatic rings. The summed E-state index contributed by atoms with van der Waals surface area (Å²) in [5.74, 6) is 1.46. The Labute approximate surface area is 165 Å². The third-order valence-corrected chi connectivity index (χ3v) is 7.22. The molecule has 0 amide bonds. The topological polar surface area (TPSA) is 24.9 Å². The molecule has 4 heteroatoms. The zero-order chi connectivity index (χ0) is 18.9.